The number of rotatable bonds is 5. The van der Waals surface area contributed by atoms with E-state index in [1.54, 1.807) is 18.3 Å². The van der Waals surface area contributed by atoms with Gasteiger partial charge in [-0.1, -0.05) is 11.6 Å². The fourth-order valence-corrected chi connectivity index (χ4v) is 2.81. The van der Waals surface area contributed by atoms with Gasteiger partial charge in [0.05, 0.1) is 18.4 Å². The molecule has 0 saturated carbocycles. The molecule has 0 fully saturated rings. The molecule has 5 nitrogen and oxygen atoms in total. The Morgan fingerprint density at radius 2 is 2.17 bits per heavy atom. The van der Waals surface area contributed by atoms with Crippen molar-refractivity contribution in [3.05, 3.63) is 47.5 Å². The molecule has 0 aliphatic heterocycles. The minimum Gasteiger partial charge on any atom is -0.468 e. The lowest BCUT2D eigenvalue weighted by molar-refractivity contribution is -0.139. The van der Waals surface area contributed by atoms with Crippen molar-refractivity contribution in [2.75, 3.05) is 18.0 Å². The number of esters is 1. The summed E-state index contributed by atoms with van der Waals surface area (Å²) in [5.41, 5.74) is -1.02. The maximum Gasteiger partial charge on any atom is 0.417 e. The van der Waals surface area contributed by atoms with Crippen LogP contribution in [0.15, 0.2) is 41.7 Å². The molecule has 0 aromatic carbocycles. The Bertz CT molecular complexity index is 716. The molecule has 0 radical (unpaired) electrons. The van der Waals surface area contributed by atoms with E-state index >= 15 is 0 Å². The molecule has 24 heavy (non-hydrogen) atoms. The van der Waals surface area contributed by atoms with E-state index in [-0.39, 0.29) is 17.4 Å². The van der Waals surface area contributed by atoms with Crippen LogP contribution in [-0.2, 0) is 15.7 Å². The fourth-order valence-electron chi connectivity index (χ4n) is 1.64. The molecular formula is C14H11ClF3N3O2S. The van der Waals surface area contributed by atoms with E-state index in [2.05, 4.69) is 14.7 Å². The Morgan fingerprint density at radius 3 is 2.75 bits per heavy atom. The van der Waals surface area contributed by atoms with Gasteiger partial charge in [-0.3, -0.25) is 14.1 Å². The van der Waals surface area contributed by atoms with Gasteiger partial charge in [0.15, 0.2) is 5.15 Å². The average Bonchev–Trinajstić information content (AvgIpc) is 2.54. The highest BCUT2D eigenvalue weighted by molar-refractivity contribution is 8.00. The maximum atomic E-state index is 12.9. The van der Waals surface area contributed by atoms with Gasteiger partial charge in [0, 0.05) is 23.5 Å². The van der Waals surface area contributed by atoms with Crippen molar-refractivity contribution < 1.29 is 22.7 Å². The molecule has 0 unspecified atom stereocenters. The van der Waals surface area contributed by atoms with E-state index in [1.165, 1.54) is 17.6 Å². The van der Waals surface area contributed by atoms with Crippen LogP contribution in [-0.4, -0.2) is 29.6 Å². The van der Waals surface area contributed by atoms with Crippen molar-refractivity contribution in [2.24, 2.45) is 0 Å². The third-order valence-electron chi connectivity index (χ3n) is 2.77. The largest absolute Gasteiger partial charge is 0.468 e. The molecule has 0 bridgehead atoms. The summed E-state index contributed by atoms with van der Waals surface area (Å²) < 4.78 is 44.6. The predicted octanol–water partition coefficient (Wildman–Crippen LogP) is 3.84. The molecule has 0 saturated heterocycles. The van der Waals surface area contributed by atoms with Crippen LogP contribution in [0.3, 0.4) is 0 Å². The third-order valence-corrected chi connectivity index (χ3v) is 4.06. The number of ether oxygens (including phenoxy) is 1. The van der Waals surface area contributed by atoms with Crippen LogP contribution in [0.2, 0.25) is 5.15 Å². The molecule has 2 aromatic rings. The van der Waals surface area contributed by atoms with Crippen molar-refractivity contribution >= 4 is 35.2 Å². The number of aromatic nitrogens is 2. The van der Waals surface area contributed by atoms with Crippen molar-refractivity contribution in [3.8, 4) is 0 Å². The summed E-state index contributed by atoms with van der Waals surface area (Å²) in [6, 6.07) is 4.18. The molecule has 0 amide bonds. The molecule has 0 spiro atoms. The number of halogens is 4. The van der Waals surface area contributed by atoms with Gasteiger partial charge in [-0.15, -0.1) is 0 Å². The van der Waals surface area contributed by atoms with Crippen LogP contribution in [0.1, 0.15) is 5.56 Å². The van der Waals surface area contributed by atoms with Gasteiger partial charge in [-0.05, 0) is 30.1 Å². The van der Waals surface area contributed by atoms with Gasteiger partial charge in [-0.2, -0.15) is 13.2 Å². The van der Waals surface area contributed by atoms with Crippen LogP contribution in [0.25, 0.3) is 0 Å². The Kier molecular flexibility index (Phi) is 5.89. The Hall–Kier alpha value is -2.00. The highest BCUT2D eigenvalue weighted by atomic mass is 35.5. The number of methoxy groups -OCH3 is 1. The molecule has 10 heteroatoms. The summed E-state index contributed by atoms with van der Waals surface area (Å²) >= 11 is 6.93. The predicted molar refractivity (Wildman–Crippen MR) is 83.7 cm³/mol. The quantitative estimate of drug-likeness (QED) is 0.448. The zero-order valence-electron chi connectivity index (χ0n) is 12.2. The first kappa shape index (κ1) is 18.3. The minimum atomic E-state index is -4.58. The molecule has 2 aromatic heterocycles. The highest BCUT2D eigenvalue weighted by Gasteiger charge is 2.32. The Balaban J connectivity index is 2.40. The molecular weight excluding hydrogens is 367 g/mol. The summed E-state index contributed by atoms with van der Waals surface area (Å²) in [6.45, 7) is -0.321. The molecule has 0 atom stereocenters. The lowest BCUT2D eigenvalue weighted by Gasteiger charge is -2.23. The van der Waals surface area contributed by atoms with Gasteiger partial charge in [-0.25, -0.2) is 4.98 Å². The number of carbonyl (C=O) groups excluding carboxylic acids is 1. The summed E-state index contributed by atoms with van der Waals surface area (Å²) in [5, 5.41) is -0.164. The maximum absolute atomic E-state index is 12.9. The average molecular weight is 378 g/mol. The molecule has 0 N–H and O–H groups in total. The first-order valence-corrected chi connectivity index (χ1v) is 7.61. The van der Waals surface area contributed by atoms with E-state index in [1.807, 2.05) is 0 Å². The second-order valence-corrected chi connectivity index (χ2v) is 5.88. The van der Waals surface area contributed by atoms with Crippen LogP contribution in [0.5, 0.6) is 0 Å². The Morgan fingerprint density at radius 1 is 1.42 bits per heavy atom. The van der Waals surface area contributed by atoms with Crippen LogP contribution in [0, 0.1) is 0 Å². The van der Waals surface area contributed by atoms with Gasteiger partial charge in [0.1, 0.15) is 6.54 Å². The first-order valence-electron chi connectivity index (χ1n) is 6.46. The van der Waals surface area contributed by atoms with Gasteiger partial charge >= 0.3 is 12.1 Å². The number of alkyl halides is 3. The molecule has 128 valence electrons. The van der Waals surface area contributed by atoms with Crippen LogP contribution < -0.4 is 4.31 Å². The second kappa shape index (κ2) is 7.71. The lowest BCUT2D eigenvalue weighted by atomic mass is 10.2. The summed E-state index contributed by atoms with van der Waals surface area (Å²) in [5.74, 6) is -0.639. The molecule has 2 heterocycles. The van der Waals surface area contributed by atoms with Crippen LogP contribution >= 0.6 is 23.5 Å². The van der Waals surface area contributed by atoms with Crippen molar-refractivity contribution in [1.82, 2.24) is 9.97 Å². The highest BCUT2D eigenvalue weighted by Crippen LogP contribution is 2.37. The topological polar surface area (TPSA) is 55.3 Å². The third kappa shape index (κ3) is 4.75. The Labute approximate surface area is 144 Å². The number of carbonyl (C=O) groups is 1. The number of nitrogens with zero attached hydrogens (tertiary/aromatic N) is 3. The van der Waals surface area contributed by atoms with Crippen molar-refractivity contribution in [1.29, 1.82) is 0 Å². The summed E-state index contributed by atoms with van der Waals surface area (Å²) in [4.78, 5) is 19.7. The number of anilines is 1. The van der Waals surface area contributed by atoms with E-state index in [9.17, 15) is 18.0 Å². The van der Waals surface area contributed by atoms with E-state index in [0.29, 0.717) is 11.1 Å². The number of hydrogen-bond acceptors (Lipinski definition) is 6. The van der Waals surface area contributed by atoms with E-state index < -0.39 is 17.7 Å². The van der Waals surface area contributed by atoms with Crippen LogP contribution in [0.4, 0.5) is 18.9 Å². The summed E-state index contributed by atoms with van der Waals surface area (Å²) in [6.07, 6.45) is -0.892. The zero-order valence-corrected chi connectivity index (χ0v) is 13.8. The smallest absolute Gasteiger partial charge is 0.417 e. The van der Waals surface area contributed by atoms with E-state index in [0.717, 1.165) is 18.0 Å². The summed E-state index contributed by atoms with van der Waals surface area (Å²) in [7, 11) is 1.18. The van der Waals surface area contributed by atoms with E-state index in [4.69, 9.17) is 11.6 Å². The number of pyridine rings is 2. The lowest BCUT2D eigenvalue weighted by Crippen LogP contribution is -2.25. The monoisotopic (exact) mass is 377 g/mol. The zero-order chi connectivity index (χ0) is 17.7. The normalized spacial score (nSPS) is 11.2. The molecule has 0 aliphatic rings. The first-order chi connectivity index (χ1) is 11.3. The van der Waals surface area contributed by atoms with Crippen molar-refractivity contribution in [3.63, 3.8) is 0 Å². The molecule has 2 rings (SSSR count). The fraction of sp³-hybridized carbons (Fsp3) is 0.214. The van der Waals surface area contributed by atoms with Crippen molar-refractivity contribution in [2.45, 2.75) is 11.1 Å². The standard InChI is InChI=1S/C14H11ClF3N3O2S/c1-23-12(22)8-21(24-10-3-2-4-19-7-10)11-5-9(14(16,17)18)6-20-13(11)15/h2-7H,8H2,1H3. The van der Waals surface area contributed by atoms with Gasteiger partial charge < -0.3 is 4.74 Å². The second-order valence-electron chi connectivity index (χ2n) is 4.42. The molecule has 0 aliphatic carbocycles. The minimum absolute atomic E-state index is 0.0502. The SMILES string of the molecule is COC(=O)CN(Sc1cccnc1)c1cc(C(F)(F)F)cnc1Cl. The van der Waals surface area contributed by atoms with Gasteiger partial charge in [0.2, 0.25) is 0 Å². The number of hydrogen-bond donors (Lipinski definition) is 0. The van der Waals surface area contributed by atoms with Gasteiger partial charge in [0.25, 0.3) is 0 Å².